The van der Waals surface area contributed by atoms with Crippen molar-refractivity contribution >= 4 is 24.6 Å². The molecule has 0 bridgehead atoms. The maximum Gasteiger partial charge on any atom is 0.254 e. The minimum Gasteiger partial charge on any atom is -0.135 e. The van der Waals surface area contributed by atoms with Crippen LogP contribution in [-0.4, -0.2) is 8.07 Å². The van der Waals surface area contributed by atoms with E-state index >= 15 is 0 Å². The molecule has 0 saturated heterocycles. The molecular weight excluding hydrogens is 408 g/mol. The summed E-state index contributed by atoms with van der Waals surface area (Å²) in [6.45, 7) is 8.99. The highest BCUT2D eigenvalue weighted by Gasteiger charge is 2.46. The Balaban J connectivity index is 2.25. The minimum atomic E-state index is -2.61. The first-order valence-corrected chi connectivity index (χ1v) is 13.6. The molecule has 2 heteroatoms. The molecule has 2 aromatic carbocycles. The van der Waals surface area contributed by atoms with Crippen LogP contribution in [0.3, 0.4) is 0 Å². The second kappa shape index (κ2) is 10.4. The number of thiophene rings is 1. The van der Waals surface area contributed by atoms with Gasteiger partial charge in [0.15, 0.2) is 0 Å². The van der Waals surface area contributed by atoms with Crippen molar-refractivity contribution in [2.24, 2.45) is 0 Å². The number of benzene rings is 2. The first-order valence-electron chi connectivity index (χ1n) is 10.7. The van der Waals surface area contributed by atoms with Crippen LogP contribution in [0.1, 0.15) is 56.5 Å². The highest BCUT2D eigenvalue weighted by Crippen LogP contribution is 2.36. The molecule has 3 rings (SSSR count). The monoisotopic (exact) mass is 436 g/mol. The van der Waals surface area contributed by atoms with Crippen molar-refractivity contribution in [1.29, 1.82) is 0 Å². The predicted molar refractivity (Wildman–Crippen MR) is 138 cm³/mol. The van der Waals surface area contributed by atoms with Gasteiger partial charge in [-0.2, -0.15) is 0 Å². The van der Waals surface area contributed by atoms with E-state index in [0.29, 0.717) is 0 Å². The van der Waals surface area contributed by atoms with Gasteiger partial charge in [-0.05, 0) is 52.4 Å². The highest BCUT2D eigenvalue weighted by atomic mass is 32.1. The van der Waals surface area contributed by atoms with E-state index in [1.807, 2.05) is 36.4 Å². The lowest BCUT2D eigenvalue weighted by atomic mass is 10.2. The summed E-state index contributed by atoms with van der Waals surface area (Å²) < 4.78 is 0. The van der Waals surface area contributed by atoms with Crippen molar-refractivity contribution in [3.63, 3.8) is 0 Å². The van der Waals surface area contributed by atoms with Gasteiger partial charge in [-0.25, -0.2) is 0 Å². The van der Waals surface area contributed by atoms with Gasteiger partial charge >= 0.3 is 0 Å². The Bertz CT molecular complexity index is 1120. The number of unbranched alkanes of at least 4 members (excludes halogenated alkanes) is 1. The van der Waals surface area contributed by atoms with Crippen LogP contribution >= 0.6 is 11.3 Å². The second-order valence-electron chi connectivity index (χ2n) is 8.45. The van der Waals surface area contributed by atoms with Gasteiger partial charge in [0.2, 0.25) is 0 Å². The van der Waals surface area contributed by atoms with Crippen molar-refractivity contribution in [2.45, 2.75) is 45.6 Å². The molecule has 0 aliphatic heterocycles. The average Bonchev–Trinajstić information content (AvgIpc) is 3.23. The molecule has 1 aromatic heterocycles. The van der Waals surface area contributed by atoms with Gasteiger partial charge in [-0.3, -0.25) is 0 Å². The zero-order chi connectivity index (χ0) is 22.2. The lowest BCUT2D eigenvalue weighted by Gasteiger charge is -2.34. The molecule has 0 spiro atoms. The smallest absolute Gasteiger partial charge is 0.135 e. The maximum absolute atomic E-state index is 3.75. The summed E-state index contributed by atoms with van der Waals surface area (Å²) >= 11 is 1.71. The largest absolute Gasteiger partial charge is 0.254 e. The standard InChI is InChI=1S/C29H28SSi/c1-5-6-9-18-27-28(19-22-30-27)31(29(2,3)4,23-20-25-14-10-7-11-15-25)24-21-26-16-12-8-13-17-26/h7-8,10-17,19,22H,5-6H2,1-4H3. The molecule has 0 aliphatic rings. The molecule has 0 aliphatic carbocycles. The molecule has 0 nitrogen and oxygen atoms in total. The molecule has 3 aromatic rings. The van der Waals surface area contributed by atoms with Crippen LogP contribution in [0.5, 0.6) is 0 Å². The van der Waals surface area contributed by atoms with E-state index < -0.39 is 8.07 Å². The van der Waals surface area contributed by atoms with Gasteiger partial charge in [-0.15, -0.1) is 22.4 Å². The van der Waals surface area contributed by atoms with Crippen molar-refractivity contribution in [3.05, 3.63) is 88.1 Å². The third-order valence-electron chi connectivity index (χ3n) is 5.11. The summed E-state index contributed by atoms with van der Waals surface area (Å²) in [5, 5.41) is 3.31. The minimum absolute atomic E-state index is 0.0845. The highest BCUT2D eigenvalue weighted by molar-refractivity contribution is 7.16. The Morgan fingerprint density at radius 2 is 1.32 bits per heavy atom. The fourth-order valence-electron chi connectivity index (χ4n) is 3.29. The van der Waals surface area contributed by atoms with Crippen LogP contribution in [0.4, 0.5) is 0 Å². The second-order valence-corrected chi connectivity index (χ2v) is 13.4. The lowest BCUT2D eigenvalue weighted by Crippen LogP contribution is -2.54. The quantitative estimate of drug-likeness (QED) is 0.316. The Hall–Kier alpha value is -2.96. The topological polar surface area (TPSA) is 0 Å². The van der Waals surface area contributed by atoms with Crippen LogP contribution in [0.15, 0.2) is 72.1 Å². The number of hydrogen-bond acceptors (Lipinski definition) is 1. The molecule has 0 saturated carbocycles. The number of rotatable bonds is 2. The van der Waals surface area contributed by atoms with Gasteiger partial charge in [0, 0.05) is 17.5 Å². The van der Waals surface area contributed by atoms with Gasteiger partial charge in [0.1, 0.15) is 0 Å². The average molecular weight is 437 g/mol. The Morgan fingerprint density at radius 3 is 1.81 bits per heavy atom. The Labute approximate surface area is 192 Å². The molecule has 31 heavy (non-hydrogen) atoms. The summed E-state index contributed by atoms with van der Waals surface area (Å²) in [6, 6.07) is 22.7. The van der Waals surface area contributed by atoms with E-state index in [2.05, 4.69) is 98.2 Å². The maximum atomic E-state index is 3.75. The van der Waals surface area contributed by atoms with Crippen LogP contribution in [0.2, 0.25) is 5.04 Å². The van der Waals surface area contributed by atoms with Crippen molar-refractivity contribution in [1.82, 2.24) is 0 Å². The van der Waals surface area contributed by atoms with E-state index in [4.69, 9.17) is 0 Å². The zero-order valence-electron chi connectivity index (χ0n) is 18.8. The van der Waals surface area contributed by atoms with E-state index in [1.54, 1.807) is 11.3 Å². The molecule has 0 radical (unpaired) electrons. The van der Waals surface area contributed by atoms with Crippen molar-refractivity contribution in [3.8, 4) is 34.8 Å². The SMILES string of the molecule is CCCC#Cc1sccc1[Si](C#Cc1ccccc1)(C#Cc1ccccc1)C(C)(C)C. The Kier molecular flexibility index (Phi) is 7.60. The van der Waals surface area contributed by atoms with Gasteiger partial charge in [0.25, 0.3) is 8.07 Å². The van der Waals surface area contributed by atoms with E-state index in [1.165, 1.54) is 5.19 Å². The lowest BCUT2D eigenvalue weighted by molar-refractivity contribution is 0.742. The summed E-state index contributed by atoms with van der Waals surface area (Å²) in [5.41, 5.74) is 9.55. The zero-order valence-corrected chi connectivity index (χ0v) is 20.6. The molecular formula is C29H28SSi. The molecule has 0 amide bonds. The molecule has 0 unspecified atom stereocenters. The van der Waals surface area contributed by atoms with Gasteiger partial charge in [-0.1, -0.05) is 87.8 Å². The van der Waals surface area contributed by atoms with Crippen LogP contribution in [0.25, 0.3) is 0 Å². The third-order valence-corrected chi connectivity index (χ3v) is 10.6. The van der Waals surface area contributed by atoms with E-state index in [0.717, 1.165) is 28.8 Å². The van der Waals surface area contributed by atoms with E-state index in [-0.39, 0.29) is 5.04 Å². The van der Waals surface area contributed by atoms with Crippen LogP contribution in [0, 0.1) is 34.8 Å². The van der Waals surface area contributed by atoms with Gasteiger partial charge < -0.3 is 0 Å². The van der Waals surface area contributed by atoms with E-state index in [9.17, 15) is 0 Å². The van der Waals surface area contributed by atoms with Gasteiger partial charge in [0.05, 0.1) is 4.88 Å². The summed E-state index contributed by atoms with van der Waals surface area (Å²) in [5.74, 6) is 13.7. The summed E-state index contributed by atoms with van der Waals surface area (Å²) in [6.07, 6.45) is 1.98. The molecule has 0 atom stereocenters. The first-order chi connectivity index (χ1) is 15.0. The first kappa shape index (κ1) is 22.7. The fraction of sp³-hybridized carbons (Fsp3) is 0.241. The number of hydrogen-bond donors (Lipinski definition) is 0. The van der Waals surface area contributed by atoms with Crippen molar-refractivity contribution < 1.29 is 0 Å². The van der Waals surface area contributed by atoms with Crippen LogP contribution in [-0.2, 0) is 0 Å². The molecule has 0 N–H and O–H groups in total. The summed E-state index contributed by atoms with van der Waals surface area (Å²) in [4.78, 5) is 1.12. The Morgan fingerprint density at radius 1 is 0.774 bits per heavy atom. The molecule has 1 heterocycles. The summed E-state index contributed by atoms with van der Waals surface area (Å²) in [7, 11) is -2.61. The third kappa shape index (κ3) is 5.60. The molecule has 154 valence electrons. The molecule has 0 fully saturated rings. The normalized spacial score (nSPS) is 10.7. The predicted octanol–water partition coefficient (Wildman–Crippen LogP) is 6.54. The fourth-order valence-corrected chi connectivity index (χ4v) is 8.00. The van der Waals surface area contributed by atoms with Crippen LogP contribution < -0.4 is 5.19 Å². The van der Waals surface area contributed by atoms with Crippen molar-refractivity contribution in [2.75, 3.05) is 0 Å².